The van der Waals surface area contributed by atoms with Gasteiger partial charge in [-0.05, 0) is 18.1 Å². The number of benzene rings is 1. The van der Waals surface area contributed by atoms with Gasteiger partial charge in [-0.2, -0.15) is 0 Å². The van der Waals surface area contributed by atoms with Crippen molar-refractivity contribution in [1.29, 1.82) is 0 Å². The maximum absolute atomic E-state index is 12.8. The fraction of sp³-hybridized carbons (Fsp3) is 0.333. The van der Waals surface area contributed by atoms with Crippen LogP contribution in [-0.2, 0) is 0 Å². The smallest absolute Gasteiger partial charge is 0.194 e. The summed E-state index contributed by atoms with van der Waals surface area (Å²) >= 11 is 0. The molecule has 4 heteroatoms. The van der Waals surface area contributed by atoms with E-state index in [9.17, 15) is 18.3 Å². The molecule has 0 aliphatic heterocycles. The molecule has 1 aromatic carbocycles. The van der Waals surface area contributed by atoms with Gasteiger partial charge in [0.15, 0.2) is 17.5 Å². The molecule has 1 aromatic rings. The summed E-state index contributed by atoms with van der Waals surface area (Å²) in [4.78, 5) is 0. The zero-order valence-corrected chi connectivity index (χ0v) is 8.89. The molecule has 1 rings (SSSR count). The van der Waals surface area contributed by atoms with Gasteiger partial charge in [-0.25, -0.2) is 13.2 Å². The number of aliphatic hydroxyl groups excluding tert-OH is 1. The van der Waals surface area contributed by atoms with E-state index in [1.165, 1.54) is 0 Å². The summed E-state index contributed by atoms with van der Waals surface area (Å²) in [5.41, 5.74) is -0.00361. The van der Waals surface area contributed by atoms with E-state index in [1.807, 2.05) is 0 Å². The Morgan fingerprint density at radius 1 is 1.12 bits per heavy atom. The third-order valence-electron chi connectivity index (χ3n) is 1.98. The number of aliphatic hydroxyl groups is 1. The van der Waals surface area contributed by atoms with Crippen molar-refractivity contribution >= 4 is 0 Å². The fourth-order valence-corrected chi connectivity index (χ4v) is 0.952. The highest BCUT2D eigenvalue weighted by Crippen LogP contribution is 2.12. The number of rotatable bonds is 1. The first-order valence-corrected chi connectivity index (χ1v) is 4.76. The predicted octanol–water partition coefficient (Wildman–Crippen LogP) is 2.47. The summed E-state index contributed by atoms with van der Waals surface area (Å²) in [5.74, 6) is 0.633. The average molecular weight is 228 g/mol. The zero-order valence-electron chi connectivity index (χ0n) is 8.89. The second kappa shape index (κ2) is 5.04. The lowest BCUT2D eigenvalue weighted by Crippen LogP contribution is -2.11. The molecule has 0 saturated carbocycles. The molecular formula is C12H11F3O. The Balaban J connectivity index is 2.99. The number of hydrogen-bond donors (Lipinski definition) is 1. The maximum atomic E-state index is 12.8. The van der Waals surface area contributed by atoms with Gasteiger partial charge >= 0.3 is 0 Å². The molecule has 0 fully saturated rings. The van der Waals surface area contributed by atoms with Crippen LogP contribution in [-0.4, -0.2) is 11.2 Å². The van der Waals surface area contributed by atoms with Gasteiger partial charge in [0.1, 0.15) is 6.10 Å². The van der Waals surface area contributed by atoms with Crippen molar-refractivity contribution in [3.05, 3.63) is 35.1 Å². The van der Waals surface area contributed by atoms with Crippen LogP contribution in [0, 0.1) is 35.2 Å². The van der Waals surface area contributed by atoms with Crippen LogP contribution in [0.25, 0.3) is 0 Å². The first-order valence-electron chi connectivity index (χ1n) is 4.76. The molecule has 1 nitrogen and oxygen atoms in total. The van der Waals surface area contributed by atoms with Crippen LogP contribution in [0.3, 0.4) is 0 Å². The van der Waals surface area contributed by atoms with Gasteiger partial charge in [0.05, 0.1) is 0 Å². The second-order valence-electron chi connectivity index (χ2n) is 3.71. The summed E-state index contributed by atoms with van der Waals surface area (Å²) in [6.45, 7) is 3.51. The van der Waals surface area contributed by atoms with E-state index in [4.69, 9.17) is 0 Å². The summed E-state index contributed by atoms with van der Waals surface area (Å²) in [5, 5.41) is 9.35. The van der Waals surface area contributed by atoms with Crippen LogP contribution >= 0.6 is 0 Å². The lowest BCUT2D eigenvalue weighted by molar-refractivity contribution is 0.181. The molecule has 0 saturated heterocycles. The summed E-state index contributed by atoms with van der Waals surface area (Å²) in [6, 6.07) is 1.58. The molecule has 0 aromatic heterocycles. The predicted molar refractivity (Wildman–Crippen MR) is 54.0 cm³/mol. The molecule has 0 aliphatic rings. The lowest BCUT2D eigenvalue weighted by Gasteiger charge is -2.05. The second-order valence-corrected chi connectivity index (χ2v) is 3.71. The van der Waals surface area contributed by atoms with E-state index >= 15 is 0 Å². The molecule has 0 bridgehead atoms. The van der Waals surface area contributed by atoms with Crippen molar-refractivity contribution in [3.8, 4) is 11.8 Å². The first kappa shape index (κ1) is 12.6. The van der Waals surface area contributed by atoms with Gasteiger partial charge in [0, 0.05) is 5.56 Å². The quantitative estimate of drug-likeness (QED) is 0.578. The maximum Gasteiger partial charge on any atom is 0.194 e. The Hall–Kier alpha value is -1.47. The summed E-state index contributed by atoms with van der Waals surface area (Å²) < 4.78 is 38.1. The Labute approximate surface area is 91.9 Å². The van der Waals surface area contributed by atoms with Crippen molar-refractivity contribution in [1.82, 2.24) is 0 Å². The highest BCUT2D eigenvalue weighted by molar-refractivity contribution is 5.36. The van der Waals surface area contributed by atoms with Crippen LogP contribution < -0.4 is 0 Å². The van der Waals surface area contributed by atoms with Crippen molar-refractivity contribution in [2.24, 2.45) is 5.92 Å². The van der Waals surface area contributed by atoms with Crippen molar-refractivity contribution in [2.75, 3.05) is 0 Å². The standard InChI is InChI=1S/C12H11F3O/c1-7(2)11(16)4-3-8-5-9(13)12(15)10(14)6-8/h5-7,11,16H,1-2H3. The molecule has 0 heterocycles. The van der Waals surface area contributed by atoms with E-state index < -0.39 is 23.6 Å². The first-order chi connectivity index (χ1) is 7.41. The number of hydrogen-bond acceptors (Lipinski definition) is 1. The van der Waals surface area contributed by atoms with E-state index in [1.54, 1.807) is 13.8 Å². The molecule has 1 unspecified atom stereocenters. The molecular weight excluding hydrogens is 217 g/mol. The third kappa shape index (κ3) is 3.01. The minimum atomic E-state index is -1.52. The minimum Gasteiger partial charge on any atom is -0.380 e. The monoisotopic (exact) mass is 228 g/mol. The molecule has 86 valence electrons. The summed E-state index contributed by atoms with van der Waals surface area (Å²) in [7, 11) is 0. The van der Waals surface area contributed by atoms with Gasteiger partial charge in [-0.3, -0.25) is 0 Å². The normalized spacial score (nSPS) is 12.2. The zero-order chi connectivity index (χ0) is 12.3. The number of halogens is 3. The van der Waals surface area contributed by atoms with E-state index in [0.29, 0.717) is 0 Å². The van der Waals surface area contributed by atoms with Gasteiger partial charge < -0.3 is 5.11 Å². The SMILES string of the molecule is CC(C)C(O)C#Cc1cc(F)c(F)c(F)c1. The largest absolute Gasteiger partial charge is 0.380 e. The molecule has 16 heavy (non-hydrogen) atoms. The van der Waals surface area contributed by atoms with Crippen LogP contribution in [0.2, 0.25) is 0 Å². The van der Waals surface area contributed by atoms with Gasteiger partial charge in [0.2, 0.25) is 0 Å². The molecule has 0 amide bonds. The molecule has 1 N–H and O–H groups in total. The summed E-state index contributed by atoms with van der Waals surface area (Å²) in [6.07, 6.45) is -0.879. The van der Waals surface area contributed by atoms with Crippen LogP contribution in [0.15, 0.2) is 12.1 Å². The van der Waals surface area contributed by atoms with Gasteiger partial charge in [0.25, 0.3) is 0 Å². The Morgan fingerprint density at radius 2 is 1.62 bits per heavy atom. The average Bonchev–Trinajstić information content (AvgIpc) is 2.22. The third-order valence-corrected chi connectivity index (χ3v) is 1.98. The van der Waals surface area contributed by atoms with Crippen LogP contribution in [0.1, 0.15) is 19.4 Å². The van der Waals surface area contributed by atoms with E-state index in [-0.39, 0.29) is 11.5 Å². The minimum absolute atomic E-state index is 0.00361. The Morgan fingerprint density at radius 3 is 2.06 bits per heavy atom. The Bertz CT molecular complexity index is 420. The topological polar surface area (TPSA) is 20.2 Å². The lowest BCUT2D eigenvalue weighted by atomic mass is 10.1. The van der Waals surface area contributed by atoms with Crippen molar-refractivity contribution in [2.45, 2.75) is 20.0 Å². The molecule has 0 aliphatic carbocycles. The van der Waals surface area contributed by atoms with E-state index in [2.05, 4.69) is 11.8 Å². The van der Waals surface area contributed by atoms with Gasteiger partial charge in [-0.1, -0.05) is 25.7 Å². The highest BCUT2D eigenvalue weighted by Gasteiger charge is 2.09. The molecule has 0 spiro atoms. The van der Waals surface area contributed by atoms with Gasteiger partial charge in [-0.15, -0.1) is 0 Å². The van der Waals surface area contributed by atoms with E-state index in [0.717, 1.165) is 12.1 Å². The van der Waals surface area contributed by atoms with Crippen LogP contribution in [0.5, 0.6) is 0 Å². The molecule has 1 atom stereocenters. The Kier molecular flexibility index (Phi) is 3.97. The van der Waals surface area contributed by atoms with Crippen molar-refractivity contribution in [3.63, 3.8) is 0 Å². The van der Waals surface area contributed by atoms with Crippen molar-refractivity contribution < 1.29 is 18.3 Å². The fourth-order valence-electron chi connectivity index (χ4n) is 0.952. The molecule has 0 radical (unpaired) electrons. The van der Waals surface area contributed by atoms with Crippen LogP contribution in [0.4, 0.5) is 13.2 Å². The highest BCUT2D eigenvalue weighted by atomic mass is 19.2.